The maximum Gasteiger partial charge on any atom is 0.231 e. The summed E-state index contributed by atoms with van der Waals surface area (Å²) in [7, 11) is 0. The van der Waals surface area contributed by atoms with Crippen molar-refractivity contribution in [2.45, 2.75) is 33.9 Å². The van der Waals surface area contributed by atoms with Gasteiger partial charge < -0.3 is 19.2 Å². The standard InChI is InChI=1S/C27H33N3O4/c1-18(2)16-32-21-5-6-24-22(13-21)27(31)23(19(3)28-24)15-30-10-8-29(9-11-30)14-20-4-7-25-26(12-20)34-17-33-25/h4-7,12-13,18H,8-11,14-17H2,1-3H3,(H,28,31). The van der Waals surface area contributed by atoms with E-state index in [1.54, 1.807) is 0 Å². The fraction of sp³-hybridized carbons (Fsp3) is 0.444. The van der Waals surface area contributed by atoms with Gasteiger partial charge in [0.15, 0.2) is 16.9 Å². The molecule has 34 heavy (non-hydrogen) atoms. The van der Waals surface area contributed by atoms with Gasteiger partial charge in [0.25, 0.3) is 0 Å². The third-order valence-corrected chi connectivity index (χ3v) is 6.56. The van der Waals surface area contributed by atoms with Crippen molar-refractivity contribution < 1.29 is 14.2 Å². The number of piperazine rings is 1. The molecule has 0 spiro atoms. The molecule has 0 radical (unpaired) electrons. The van der Waals surface area contributed by atoms with Crippen molar-refractivity contribution in [1.82, 2.24) is 14.8 Å². The van der Waals surface area contributed by atoms with E-state index in [1.807, 2.05) is 31.2 Å². The molecule has 0 unspecified atom stereocenters. The van der Waals surface area contributed by atoms with Crippen LogP contribution in [0.1, 0.15) is 30.7 Å². The summed E-state index contributed by atoms with van der Waals surface area (Å²) >= 11 is 0. The van der Waals surface area contributed by atoms with Gasteiger partial charge in [0.2, 0.25) is 6.79 Å². The predicted octanol–water partition coefficient (Wildman–Crippen LogP) is 3.92. The molecule has 3 heterocycles. The summed E-state index contributed by atoms with van der Waals surface area (Å²) < 4.78 is 16.8. The first-order valence-electron chi connectivity index (χ1n) is 12.1. The molecule has 7 nitrogen and oxygen atoms in total. The largest absolute Gasteiger partial charge is 0.493 e. The second-order valence-electron chi connectivity index (χ2n) is 9.71. The number of hydrogen-bond acceptors (Lipinski definition) is 6. The molecule has 5 rings (SSSR count). The normalized spacial score (nSPS) is 16.5. The lowest BCUT2D eigenvalue weighted by atomic mass is 10.1. The third kappa shape index (κ3) is 4.91. The summed E-state index contributed by atoms with van der Waals surface area (Å²) in [6.07, 6.45) is 0. The lowest BCUT2D eigenvalue weighted by molar-refractivity contribution is 0.121. The van der Waals surface area contributed by atoms with Crippen LogP contribution in [-0.4, -0.2) is 54.4 Å². The summed E-state index contributed by atoms with van der Waals surface area (Å²) in [5.41, 5.74) is 3.98. The molecule has 2 aromatic carbocycles. The first-order valence-corrected chi connectivity index (χ1v) is 12.1. The maximum atomic E-state index is 13.4. The van der Waals surface area contributed by atoms with Gasteiger partial charge in [0.05, 0.1) is 6.61 Å². The Kier molecular flexibility index (Phi) is 6.48. The van der Waals surface area contributed by atoms with E-state index in [-0.39, 0.29) is 5.43 Å². The topological polar surface area (TPSA) is 67.0 Å². The molecule has 0 bridgehead atoms. The number of aromatic amines is 1. The third-order valence-electron chi connectivity index (χ3n) is 6.56. The smallest absolute Gasteiger partial charge is 0.231 e. The Hall–Kier alpha value is -3.03. The van der Waals surface area contributed by atoms with Crippen LogP contribution < -0.4 is 19.6 Å². The monoisotopic (exact) mass is 463 g/mol. The number of hydrogen-bond donors (Lipinski definition) is 1. The van der Waals surface area contributed by atoms with Crippen LogP contribution >= 0.6 is 0 Å². The van der Waals surface area contributed by atoms with Crippen LogP contribution in [0.4, 0.5) is 0 Å². The number of H-pyrrole nitrogens is 1. The van der Waals surface area contributed by atoms with Crippen LogP contribution in [0.25, 0.3) is 10.9 Å². The van der Waals surface area contributed by atoms with Gasteiger partial charge in [-0.15, -0.1) is 0 Å². The molecule has 2 aliphatic rings. The van der Waals surface area contributed by atoms with E-state index in [1.165, 1.54) is 5.56 Å². The highest BCUT2D eigenvalue weighted by atomic mass is 16.7. The molecule has 0 aliphatic carbocycles. The number of nitrogens with one attached hydrogen (secondary N) is 1. The zero-order chi connectivity index (χ0) is 23.7. The minimum atomic E-state index is 0.101. The van der Waals surface area contributed by atoms with Crippen molar-refractivity contribution in [3.05, 3.63) is 63.4 Å². The van der Waals surface area contributed by atoms with E-state index < -0.39 is 0 Å². The summed E-state index contributed by atoms with van der Waals surface area (Å²) in [6.45, 7) is 12.5. The molecule has 0 atom stereocenters. The van der Waals surface area contributed by atoms with Crippen molar-refractivity contribution in [2.24, 2.45) is 5.92 Å². The van der Waals surface area contributed by atoms with E-state index in [0.29, 0.717) is 31.2 Å². The average Bonchev–Trinajstić information content (AvgIpc) is 3.29. The molecule has 180 valence electrons. The quantitative estimate of drug-likeness (QED) is 0.573. The molecule has 1 saturated heterocycles. The summed E-state index contributed by atoms with van der Waals surface area (Å²) in [6, 6.07) is 11.9. The second-order valence-corrected chi connectivity index (χ2v) is 9.71. The highest BCUT2D eigenvalue weighted by Crippen LogP contribution is 2.33. The molecule has 1 aromatic heterocycles. The Balaban J connectivity index is 1.24. The Morgan fingerprint density at radius 2 is 1.71 bits per heavy atom. The second kappa shape index (κ2) is 9.68. The van der Waals surface area contributed by atoms with Gasteiger partial charge in [-0.05, 0) is 48.7 Å². The molecular formula is C27H33N3O4. The molecule has 0 saturated carbocycles. The molecule has 7 heteroatoms. The van der Waals surface area contributed by atoms with Gasteiger partial charge in [-0.1, -0.05) is 19.9 Å². The van der Waals surface area contributed by atoms with Crippen LogP contribution in [0, 0.1) is 12.8 Å². The molecule has 1 fully saturated rings. The fourth-order valence-electron chi connectivity index (χ4n) is 4.60. The highest BCUT2D eigenvalue weighted by Gasteiger charge is 2.21. The van der Waals surface area contributed by atoms with Gasteiger partial charge in [-0.25, -0.2) is 0 Å². The Morgan fingerprint density at radius 3 is 2.47 bits per heavy atom. The molecule has 2 aliphatic heterocycles. The van der Waals surface area contributed by atoms with Gasteiger partial charge in [0.1, 0.15) is 5.75 Å². The van der Waals surface area contributed by atoms with E-state index in [0.717, 1.165) is 66.7 Å². The van der Waals surface area contributed by atoms with Crippen LogP contribution in [-0.2, 0) is 13.1 Å². The Morgan fingerprint density at radius 1 is 0.971 bits per heavy atom. The van der Waals surface area contributed by atoms with Crippen LogP contribution in [0.2, 0.25) is 0 Å². The molecule has 1 N–H and O–H groups in total. The van der Waals surface area contributed by atoms with E-state index in [9.17, 15) is 4.79 Å². The zero-order valence-corrected chi connectivity index (χ0v) is 20.2. The molecular weight excluding hydrogens is 430 g/mol. The number of ether oxygens (including phenoxy) is 3. The average molecular weight is 464 g/mol. The van der Waals surface area contributed by atoms with Gasteiger partial charge in [-0.2, -0.15) is 0 Å². The minimum absolute atomic E-state index is 0.101. The summed E-state index contributed by atoms with van der Waals surface area (Å²) in [5.74, 6) is 2.84. The molecule has 0 amide bonds. The van der Waals surface area contributed by atoms with Crippen molar-refractivity contribution in [2.75, 3.05) is 39.6 Å². The van der Waals surface area contributed by atoms with Crippen LogP contribution in [0.5, 0.6) is 17.2 Å². The van der Waals surface area contributed by atoms with Crippen molar-refractivity contribution in [3.63, 3.8) is 0 Å². The van der Waals surface area contributed by atoms with Crippen molar-refractivity contribution in [3.8, 4) is 17.2 Å². The first-order chi connectivity index (χ1) is 16.5. The lowest BCUT2D eigenvalue weighted by Gasteiger charge is -2.34. The number of aryl methyl sites for hydroxylation is 1. The van der Waals surface area contributed by atoms with Crippen molar-refractivity contribution in [1.29, 1.82) is 0 Å². The Labute approximate surface area is 200 Å². The first kappa shape index (κ1) is 22.7. The highest BCUT2D eigenvalue weighted by molar-refractivity contribution is 5.81. The summed E-state index contributed by atoms with van der Waals surface area (Å²) in [4.78, 5) is 21.6. The predicted molar refractivity (Wildman–Crippen MR) is 133 cm³/mol. The number of aromatic nitrogens is 1. The van der Waals surface area contributed by atoms with Crippen molar-refractivity contribution >= 4 is 10.9 Å². The van der Waals surface area contributed by atoms with E-state index >= 15 is 0 Å². The maximum absolute atomic E-state index is 13.4. The number of nitrogens with zero attached hydrogens (tertiary/aromatic N) is 2. The van der Waals surface area contributed by atoms with Crippen LogP contribution in [0.15, 0.2) is 41.2 Å². The van der Waals surface area contributed by atoms with Gasteiger partial charge in [0, 0.05) is 61.4 Å². The number of benzene rings is 2. The Bertz CT molecular complexity index is 1230. The van der Waals surface area contributed by atoms with Crippen LogP contribution in [0.3, 0.4) is 0 Å². The minimum Gasteiger partial charge on any atom is -0.493 e. The SMILES string of the molecule is Cc1[nH]c2ccc(OCC(C)C)cc2c(=O)c1CN1CCN(Cc2ccc3c(c2)OCO3)CC1. The number of pyridine rings is 1. The fourth-order valence-corrected chi connectivity index (χ4v) is 4.60. The van der Waals surface area contributed by atoms with E-state index in [2.05, 4.69) is 40.8 Å². The van der Waals surface area contributed by atoms with Gasteiger partial charge in [-0.3, -0.25) is 14.6 Å². The summed E-state index contributed by atoms with van der Waals surface area (Å²) in [5, 5.41) is 0.698. The number of rotatable bonds is 7. The van der Waals surface area contributed by atoms with E-state index in [4.69, 9.17) is 14.2 Å². The number of fused-ring (bicyclic) bond motifs is 2. The van der Waals surface area contributed by atoms with Gasteiger partial charge >= 0.3 is 0 Å². The lowest BCUT2D eigenvalue weighted by Crippen LogP contribution is -2.46. The molecule has 3 aromatic rings. The zero-order valence-electron chi connectivity index (χ0n) is 20.2.